The Hall–Kier alpha value is -1.42. The fourth-order valence-electron chi connectivity index (χ4n) is 1.10. The largest absolute Gasteiger partial charge is 0.397 e. The number of ether oxygens (including phenoxy) is 1. The van der Waals surface area contributed by atoms with Crippen molar-refractivity contribution in [2.24, 2.45) is 0 Å². The molecular weight excluding hydrogens is 178 g/mol. The van der Waals surface area contributed by atoms with Crippen LogP contribution in [0.2, 0.25) is 0 Å². The Kier molecular flexibility index (Phi) is 4.07. The molecule has 1 rings (SSSR count). The van der Waals surface area contributed by atoms with Gasteiger partial charge in [0.15, 0.2) is 0 Å². The van der Waals surface area contributed by atoms with Crippen molar-refractivity contribution in [3.8, 4) is 0 Å². The fourth-order valence-corrected chi connectivity index (χ4v) is 1.10. The van der Waals surface area contributed by atoms with Crippen LogP contribution in [0, 0.1) is 0 Å². The molecule has 5 N–H and O–H groups in total. The summed E-state index contributed by atoms with van der Waals surface area (Å²) in [6, 6.07) is 5.51. The van der Waals surface area contributed by atoms with Gasteiger partial charge in [-0.1, -0.05) is 0 Å². The van der Waals surface area contributed by atoms with Crippen LogP contribution in [0.15, 0.2) is 18.2 Å². The predicted molar refractivity (Wildman–Crippen MR) is 60.2 cm³/mol. The van der Waals surface area contributed by atoms with Crippen molar-refractivity contribution >= 4 is 17.1 Å². The molecule has 0 spiro atoms. The van der Waals surface area contributed by atoms with Crippen molar-refractivity contribution in [3.63, 3.8) is 0 Å². The van der Waals surface area contributed by atoms with Crippen LogP contribution < -0.4 is 16.8 Å². The number of benzene rings is 1. The van der Waals surface area contributed by atoms with E-state index in [-0.39, 0.29) is 0 Å². The van der Waals surface area contributed by atoms with E-state index < -0.39 is 0 Å². The Bertz CT molecular complexity index is 289. The number of nitrogens with two attached hydrogens (primary N) is 2. The van der Waals surface area contributed by atoms with Gasteiger partial charge in [-0.25, -0.2) is 0 Å². The lowest BCUT2D eigenvalue weighted by molar-refractivity contribution is 0.158. The highest BCUT2D eigenvalue weighted by molar-refractivity contribution is 5.69. The first kappa shape index (κ1) is 10.7. The molecule has 0 unspecified atom stereocenters. The molecule has 0 aromatic heterocycles. The normalized spacial score (nSPS) is 10.1. The lowest BCUT2D eigenvalue weighted by Gasteiger charge is -2.08. The Balaban J connectivity index is 2.39. The molecule has 0 bridgehead atoms. The zero-order valence-electron chi connectivity index (χ0n) is 8.42. The van der Waals surface area contributed by atoms with Gasteiger partial charge < -0.3 is 21.5 Å². The molecule has 14 heavy (non-hydrogen) atoms. The van der Waals surface area contributed by atoms with E-state index in [4.69, 9.17) is 16.2 Å². The topological polar surface area (TPSA) is 73.3 Å². The van der Waals surface area contributed by atoms with Crippen molar-refractivity contribution in [3.05, 3.63) is 18.2 Å². The van der Waals surface area contributed by atoms with Gasteiger partial charge in [-0.05, 0) is 25.1 Å². The highest BCUT2D eigenvalue weighted by atomic mass is 16.5. The van der Waals surface area contributed by atoms with Crippen LogP contribution in [0.4, 0.5) is 17.1 Å². The van der Waals surface area contributed by atoms with Gasteiger partial charge in [0.2, 0.25) is 0 Å². The number of nitrogen functional groups attached to an aromatic ring is 2. The molecule has 4 heteroatoms. The number of rotatable bonds is 5. The molecule has 0 amide bonds. The molecule has 1 aromatic carbocycles. The molecule has 0 heterocycles. The average molecular weight is 195 g/mol. The van der Waals surface area contributed by atoms with E-state index in [2.05, 4.69) is 5.32 Å². The number of nitrogens with one attached hydrogen (secondary N) is 1. The highest BCUT2D eigenvalue weighted by Gasteiger charge is 1.96. The minimum absolute atomic E-state index is 0.603. The maximum Gasteiger partial charge on any atom is 0.0638 e. The second-order valence-electron chi connectivity index (χ2n) is 2.97. The van der Waals surface area contributed by atoms with E-state index >= 15 is 0 Å². The summed E-state index contributed by atoms with van der Waals surface area (Å²) in [5.74, 6) is 0. The van der Waals surface area contributed by atoms with Crippen LogP contribution >= 0.6 is 0 Å². The van der Waals surface area contributed by atoms with Gasteiger partial charge in [0, 0.05) is 18.8 Å². The summed E-state index contributed by atoms with van der Waals surface area (Å²) in [5, 5.41) is 3.19. The monoisotopic (exact) mass is 195 g/mol. The Morgan fingerprint density at radius 2 is 2.07 bits per heavy atom. The summed E-state index contributed by atoms with van der Waals surface area (Å²) in [6.45, 7) is 4.19. The molecule has 0 aliphatic heterocycles. The second-order valence-corrected chi connectivity index (χ2v) is 2.97. The molecule has 4 nitrogen and oxygen atoms in total. The Morgan fingerprint density at radius 1 is 1.29 bits per heavy atom. The minimum Gasteiger partial charge on any atom is -0.397 e. The van der Waals surface area contributed by atoms with Gasteiger partial charge in [-0.15, -0.1) is 0 Å². The molecule has 1 aromatic rings. The van der Waals surface area contributed by atoms with Crippen LogP contribution in [-0.4, -0.2) is 19.8 Å². The lowest BCUT2D eigenvalue weighted by atomic mass is 10.2. The molecular formula is C10H17N3O. The predicted octanol–water partition coefficient (Wildman–Crippen LogP) is 1.30. The lowest BCUT2D eigenvalue weighted by Crippen LogP contribution is -2.09. The number of hydrogen-bond donors (Lipinski definition) is 3. The molecule has 0 radical (unpaired) electrons. The summed E-state index contributed by atoms with van der Waals surface area (Å²) >= 11 is 0. The van der Waals surface area contributed by atoms with E-state index in [0.29, 0.717) is 18.0 Å². The standard InChI is InChI=1S/C10H17N3O/c1-2-14-6-5-13-8-3-4-9(11)10(12)7-8/h3-4,7,13H,2,5-6,11-12H2,1H3. The number of anilines is 3. The van der Waals surface area contributed by atoms with Gasteiger partial charge in [-0.2, -0.15) is 0 Å². The fraction of sp³-hybridized carbons (Fsp3) is 0.400. The van der Waals surface area contributed by atoms with E-state index in [9.17, 15) is 0 Å². The van der Waals surface area contributed by atoms with Gasteiger partial charge in [0.25, 0.3) is 0 Å². The van der Waals surface area contributed by atoms with Crippen LogP contribution in [0.1, 0.15) is 6.92 Å². The van der Waals surface area contributed by atoms with Crippen molar-refractivity contribution < 1.29 is 4.74 Å². The summed E-state index contributed by atoms with van der Waals surface area (Å²) in [6.07, 6.45) is 0. The Labute approximate surface area is 84.2 Å². The molecule has 0 saturated carbocycles. The van der Waals surface area contributed by atoms with Crippen molar-refractivity contribution in [1.82, 2.24) is 0 Å². The molecule has 0 aliphatic rings. The molecule has 0 atom stereocenters. The van der Waals surface area contributed by atoms with E-state index in [1.54, 1.807) is 6.07 Å². The van der Waals surface area contributed by atoms with E-state index in [1.807, 2.05) is 19.1 Å². The first-order chi connectivity index (χ1) is 6.74. The highest BCUT2D eigenvalue weighted by Crippen LogP contribution is 2.19. The smallest absolute Gasteiger partial charge is 0.0638 e. The quantitative estimate of drug-likeness (QED) is 0.489. The molecule has 0 aliphatic carbocycles. The van der Waals surface area contributed by atoms with Crippen LogP contribution in [0.3, 0.4) is 0 Å². The van der Waals surface area contributed by atoms with Crippen LogP contribution in [0.5, 0.6) is 0 Å². The van der Waals surface area contributed by atoms with Crippen molar-refractivity contribution in [2.75, 3.05) is 36.5 Å². The van der Waals surface area contributed by atoms with E-state index in [1.165, 1.54) is 0 Å². The van der Waals surface area contributed by atoms with E-state index in [0.717, 1.165) is 18.8 Å². The van der Waals surface area contributed by atoms with Gasteiger partial charge in [0.1, 0.15) is 0 Å². The third kappa shape index (κ3) is 3.14. The summed E-state index contributed by atoms with van der Waals surface area (Å²) in [7, 11) is 0. The molecule has 78 valence electrons. The maximum absolute atomic E-state index is 5.65. The second kappa shape index (κ2) is 5.34. The third-order valence-corrected chi connectivity index (χ3v) is 1.87. The molecule has 0 saturated heterocycles. The average Bonchev–Trinajstić information content (AvgIpc) is 2.18. The number of hydrogen-bond acceptors (Lipinski definition) is 4. The first-order valence-corrected chi connectivity index (χ1v) is 4.70. The van der Waals surface area contributed by atoms with Crippen molar-refractivity contribution in [2.45, 2.75) is 6.92 Å². The van der Waals surface area contributed by atoms with Crippen LogP contribution in [0.25, 0.3) is 0 Å². The van der Waals surface area contributed by atoms with Crippen LogP contribution in [-0.2, 0) is 4.74 Å². The summed E-state index contributed by atoms with van der Waals surface area (Å²) in [4.78, 5) is 0. The first-order valence-electron chi connectivity index (χ1n) is 4.70. The van der Waals surface area contributed by atoms with Crippen molar-refractivity contribution in [1.29, 1.82) is 0 Å². The zero-order valence-corrected chi connectivity index (χ0v) is 8.42. The summed E-state index contributed by atoms with van der Waals surface area (Å²) < 4.78 is 5.19. The SMILES string of the molecule is CCOCCNc1ccc(N)c(N)c1. The maximum atomic E-state index is 5.65. The molecule has 0 fully saturated rings. The zero-order chi connectivity index (χ0) is 10.4. The van der Waals surface area contributed by atoms with Gasteiger partial charge in [-0.3, -0.25) is 0 Å². The minimum atomic E-state index is 0.603. The van der Waals surface area contributed by atoms with Gasteiger partial charge >= 0.3 is 0 Å². The summed E-state index contributed by atoms with van der Waals surface area (Å²) in [5.41, 5.74) is 13.4. The van der Waals surface area contributed by atoms with Gasteiger partial charge in [0.05, 0.1) is 18.0 Å². The Morgan fingerprint density at radius 3 is 2.71 bits per heavy atom. The third-order valence-electron chi connectivity index (χ3n) is 1.87.